The number of rotatable bonds is 3. The highest BCUT2D eigenvalue weighted by molar-refractivity contribution is 9.10. The molecule has 0 radical (unpaired) electrons. The van der Waals surface area contributed by atoms with Crippen LogP contribution in [0.5, 0.6) is 0 Å². The summed E-state index contributed by atoms with van der Waals surface area (Å²) < 4.78 is 1.10. The first-order chi connectivity index (χ1) is 12.2. The molecule has 3 aromatic rings. The molecule has 0 amide bonds. The van der Waals surface area contributed by atoms with Crippen molar-refractivity contribution in [2.24, 2.45) is 0 Å². The minimum Gasteiger partial charge on any atom is -0.314 e. The second-order valence-electron chi connectivity index (χ2n) is 6.80. The SMILES string of the molecule is CC(c1ccc(Br)cc1)(c1cccc2cccnc12)C1CNCCN1. The molecule has 25 heavy (non-hydrogen) atoms. The van der Waals surface area contributed by atoms with E-state index < -0.39 is 0 Å². The number of pyridine rings is 1. The van der Waals surface area contributed by atoms with Gasteiger partial charge in [-0.25, -0.2) is 0 Å². The van der Waals surface area contributed by atoms with Crippen LogP contribution in [0.1, 0.15) is 18.1 Å². The van der Waals surface area contributed by atoms with Gasteiger partial charge < -0.3 is 10.6 Å². The number of hydrogen-bond donors (Lipinski definition) is 2. The fourth-order valence-corrected chi connectivity index (χ4v) is 4.19. The molecule has 0 saturated carbocycles. The van der Waals surface area contributed by atoms with Gasteiger partial charge in [-0.3, -0.25) is 4.98 Å². The van der Waals surface area contributed by atoms with Crippen LogP contribution >= 0.6 is 15.9 Å². The summed E-state index contributed by atoms with van der Waals surface area (Å²) in [4.78, 5) is 4.73. The van der Waals surface area contributed by atoms with Gasteiger partial charge in [0.15, 0.2) is 0 Å². The maximum absolute atomic E-state index is 4.73. The van der Waals surface area contributed by atoms with E-state index in [0.717, 1.165) is 29.6 Å². The van der Waals surface area contributed by atoms with Crippen molar-refractivity contribution in [2.75, 3.05) is 19.6 Å². The fourth-order valence-electron chi connectivity index (χ4n) is 3.93. The molecular formula is C21H22BrN3. The second-order valence-corrected chi connectivity index (χ2v) is 7.72. The Bertz CT molecular complexity index is 866. The summed E-state index contributed by atoms with van der Waals surface area (Å²) in [7, 11) is 0. The predicted molar refractivity (Wildman–Crippen MR) is 107 cm³/mol. The van der Waals surface area contributed by atoms with Gasteiger partial charge in [0.1, 0.15) is 0 Å². The predicted octanol–water partition coefficient (Wildman–Crippen LogP) is 3.86. The number of hydrogen-bond acceptors (Lipinski definition) is 3. The molecule has 2 heterocycles. The lowest BCUT2D eigenvalue weighted by molar-refractivity contribution is 0.317. The van der Waals surface area contributed by atoms with Crippen LogP contribution in [-0.2, 0) is 5.41 Å². The highest BCUT2D eigenvalue weighted by Gasteiger charge is 2.39. The maximum atomic E-state index is 4.73. The van der Waals surface area contributed by atoms with E-state index in [1.165, 1.54) is 16.5 Å². The molecule has 128 valence electrons. The average Bonchev–Trinajstić information content (AvgIpc) is 2.68. The van der Waals surface area contributed by atoms with E-state index in [4.69, 9.17) is 4.98 Å². The molecule has 4 heteroatoms. The van der Waals surface area contributed by atoms with Gasteiger partial charge in [-0.2, -0.15) is 0 Å². The Labute approximate surface area is 157 Å². The van der Waals surface area contributed by atoms with Crippen LogP contribution in [0.15, 0.2) is 65.3 Å². The van der Waals surface area contributed by atoms with Crippen molar-refractivity contribution in [1.29, 1.82) is 0 Å². The molecule has 1 aromatic heterocycles. The zero-order valence-electron chi connectivity index (χ0n) is 14.3. The minimum absolute atomic E-state index is 0.179. The van der Waals surface area contributed by atoms with Crippen molar-refractivity contribution in [3.63, 3.8) is 0 Å². The van der Waals surface area contributed by atoms with Crippen molar-refractivity contribution in [1.82, 2.24) is 15.6 Å². The zero-order chi connectivity index (χ0) is 17.3. The van der Waals surface area contributed by atoms with Crippen LogP contribution in [0.4, 0.5) is 0 Å². The smallest absolute Gasteiger partial charge is 0.0743 e. The first kappa shape index (κ1) is 16.7. The van der Waals surface area contributed by atoms with Crippen LogP contribution in [0.25, 0.3) is 10.9 Å². The van der Waals surface area contributed by atoms with Crippen molar-refractivity contribution in [3.05, 3.63) is 76.4 Å². The molecule has 3 nitrogen and oxygen atoms in total. The van der Waals surface area contributed by atoms with E-state index in [1.807, 2.05) is 12.3 Å². The molecular weight excluding hydrogens is 374 g/mol. The third-order valence-corrected chi connectivity index (χ3v) is 5.90. The van der Waals surface area contributed by atoms with Crippen molar-refractivity contribution in [3.8, 4) is 0 Å². The van der Waals surface area contributed by atoms with E-state index in [0.29, 0.717) is 6.04 Å². The number of halogens is 1. The first-order valence-corrected chi connectivity index (χ1v) is 9.53. The average molecular weight is 396 g/mol. The monoisotopic (exact) mass is 395 g/mol. The van der Waals surface area contributed by atoms with Gasteiger partial charge in [0.2, 0.25) is 0 Å². The summed E-state index contributed by atoms with van der Waals surface area (Å²) in [5.41, 5.74) is 3.48. The van der Waals surface area contributed by atoms with E-state index in [-0.39, 0.29) is 5.41 Å². The lowest BCUT2D eigenvalue weighted by Gasteiger charge is -2.42. The molecule has 2 atom stereocenters. The molecule has 0 aliphatic carbocycles. The Morgan fingerprint density at radius 3 is 2.60 bits per heavy atom. The number of fused-ring (bicyclic) bond motifs is 1. The summed E-state index contributed by atoms with van der Waals surface area (Å²) in [5.74, 6) is 0. The van der Waals surface area contributed by atoms with Crippen molar-refractivity contribution in [2.45, 2.75) is 18.4 Å². The Morgan fingerprint density at radius 1 is 1.04 bits per heavy atom. The van der Waals surface area contributed by atoms with Crippen LogP contribution in [-0.4, -0.2) is 30.7 Å². The van der Waals surface area contributed by atoms with Gasteiger partial charge in [0.25, 0.3) is 0 Å². The molecule has 0 spiro atoms. The van der Waals surface area contributed by atoms with Gasteiger partial charge in [0.05, 0.1) is 5.52 Å². The summed E-state index contributed by atoms with van der Waals surface area (Å²) >= 11 is 3.56. The van der Waals surface area contributed by atoms with Crippen molar-refractivity contribution < 1.29 is 0 Å². The quantitative estimate of drug-likeness (QED) is 0.706. The van der Waals surface area contributed by atoms with Crippen LogP contribution in [0.3, 0.4) is 0 Å². The lowest BCUT2D eigenvalue weighted by Crippen LogP contribution is -2.58. The Morgan fingerprint density at radius 2 is 1.84 bits per heavy atom. The fraction of sp³-hybridized carbons (Fsp3) is 0.286. The highest BCUT2D eigenvalue weighted by atomic mass is 79.9. The van der Waals surface area contributed by atoms with Crippen molar-refractivity contribution >= 4 is 26.8 Å². The Kier molecular flexibility index (Phi) is 4.59. The molecule has 4 rings (SSSR count). The number of aromatic nitrogens is 1. The largest absolute Gasteiger partial charge is 0.314 e. The van der Waals surface area contributed by atoms with E-state index in [9.17, 15) is 0 Å². The maximum Gasteiger partial charge on any atom is 0.0743 e. The standard InChI is InChI=1S/C21H22BrN3/c1-21(19-14-23-12-13-24-19,16-7-9-17(22)10-8-16)18-6-2-4-15-5-3-11-25-20(15)18/h2-11,19,23-24H,12-14H2,1H3. The molecule has 1 aliphatic rings. The van der Waals surface area contributed by atoms with Crippen LogP contribution in [0, 0.1) is 0 Å². The lowest BCUT2D eigenvalue weighted by atomic mass is 9.69. The molecule has 1 fully saturated rings. The molecule has 0 bridgehead atoms. The molecule has 1 saturated heterocycles. The third kappa shape index (κ3) is 2.99. The van der Waals surface area contributed by atoms with E-state index >= 15 is 0 Å². The van der Waals surface area contributed by atoms with Crippen LogP contribution < -0.4 is 10.6 Å². The van der Waals surface area contributed by atoms with Gasteiger partial charge >= 0.3 is 0 Å². The van der Waals surface area contributed by atoms with Gasteiger partial charge in [0, 0.05) is 47.1 Å². The van der Waals surface area contributed by atoms with Gasteiger partial charge in [-0.05, 0) is 36.2 Å². The van der Waals surface area contributed by atoms with E-state index in [1.54, 1.807) is 0 Å². The summed E-state index contributed by atoms with van der Waals surface area (Å²) in [5, 5.41) is 8.47. The molecule has 2 unspecified atom stereocenters. The minimum atomic E-state index is -0.179. The molecule has 2 N–H and O–H groups in total. The number of nitrogens with zero attached hydrogens (tertiary/aromatic N) is 1. The normalized spacial score (nSPS) is 20.3. The third-order valence-electron chi connectivity index (χ3n) is 5.37. The van der Waals surface area contributed by atoms with Gasteiger partial charge in [-0.1, -0.05) is 52.3 Å². The topological polar surface area (TPSA) is 37.0 Å². The second kappa shape index (κ2) is 6.87. The Hall–Kier alpha value is -1.75. The first-order valence-electron chi connectivity index (χ1n) is 8.74. The summed E-state index contributed by atoms with van der Waals surface area (Å²) in [6.07, 6.45) is 1.89. The van der Waals surface area contributed by atoms with Crippen LogP contribution in [0.2, 0.25) is 0 Å². The summed E-state index contributed by atoms with van der Waals surface area (Å²) in [6, 6.07) is 19.7. The number of piperazine rings is 1. The Balaban J connectivity index is 1.94. The van der Waals surface area contributed by atoms with E-state index in [2.05, 4.69) is 82.0 Å². The number of benzene rings is 2. The van der Waals surface area contributed by atoms with Gasteiger partial charge in [-0.15, -0.1) is 0 Å². The number of para-hydroxylation sites is 1. The number of nitrogens with one attached hydrogen (secondary N) is 2. The molecule has 1 aliphatic heterocycles. The molecule has 2 aromatic carbocycles. The highest BCUT2D eigenvalue weighted by Crippen LogP contribution is 2.39. The summed E-state index contributed by atoms with van der Waals surface area (Å²) in [6.45, 7) is 5.27. The zero-order valence-corrected chi connectivity index (χ0v) is 15.9.